The van der Waals surface area contributed by atoms with Gasteiger partial charge in [-0.2, -0.15) is 14.9 Å². The van der Waals surface area contributed by atoms with E-state index in [1.54, 1.807) is 29.2 Å². The number of benzene rings is 3. The molecule has 0 fully saturated rings. The number of rotatable bonds is 6. The SMILES string of the molecule is Clc1ccc(-c2nnc(N/N=C/c3ccccc3)n2/N=C/c2ccccc2)cc1. The van der Waals surface area contributed by atoms with Gasteiger partial charge >= 0.3 is 0 Å². The minimum Gasteiger partial charge on any atom is -0.244 e. The molecule has 1 heterocycles. The van der Waals surface area contributed by atoms with E-state index in [2.05, 4.69) is 25.8 Å². The molecule has 1 aromatic heterocycles. The smallest absolute Gasteiger partial charge is 0.244 e. The fourth-order valence-corrected chi connectivity index (χ4v) is 2.73. The molecule has 4 rings (SSSR count). The molecule has 0 aliphatic carbocycles. The van der Waals surface area contributed by atoms with Gasteiger partial charge in [-0.05, 0) is 35.4 Å². The molecule has 0 aliphatic rings. The van der Waals surface area contributed by atoms with E-state index in [0.29, 0.717) is 16.8 Å². The molecule has 6 nitrogen and oxygen atoms in total. The van der Waals surface area contributed by atoms with E-state index < -0.39 is 0 Å². The summed E-state index contributed by atoms with van der Waals surface area (Å²) in [6, 6.07) is 26.9. The van der Waals surface area contributed by atoms with Crippen LogP contribution in [0.1, 0.15) is 11.1 Å². The van der Waals surface area contributed by atoms with Crippen molar-refractivity contribution in [2.24, 2.45) is 10.2 Å². The zero-order valence-corrected chi connectivity index (χ0v) is 16.1. The third kappa shape index (κ3) is 4.75. The Balaban J connectivity index is 1.66. The summed E-state index contributed by atoms with van der Waals surface area (Å²) >= 11 is 6.01. The van der Waals surface area contributed by atoms with Gasteiger partial charge in [-0.15, -0.1) is 10.2 Å². The van der Waals surface area contributed by atoms with Gasteiger partial charge in [0.1, 0.15) is 0 Å². The lowest BCUT2D eigenvalue weighted by atomic mass is 10.2. The van der Waals surface area contributed by atoms with Crippen molar-refractivity contribution in [2.75, 3.05) is 5.43 Å². The fraction of sp³-hybridized carbons (Fsp3) is 0. The highest BCUT2D eigenvalue weighted by molar-refractivity contribution is 6.30. The van der Waals surface area contributed by atoms with Gasteiger partial charge in [0.2, 0.25) is 0 Å². The highest BCUT2D eigenvalue weighted by Crippen LogP contribution is 2.22. The van der Waals surface area contributed by atoms with Crippen LogP contribution in [-0.2, 0) is 0 Å². The van der Waals surface area contributed by atoms with Crippen LogP contribution >= 0.6 is 11.6 Å². The third-order valence-corrected chi connectivity index (χ3v) is 4.29. The Morgan fingerprint density at radius 2 is 1.38 bits per heavy atom. The van der Waals surface area contributed by atoms with Gasteiger partial charge in [0.25, 0.3) is 5.95 Å². The van der Waals surface area contributed by atoms with Crippen LogP contribution in [0.5, 0.6) is 0 Å². The first-order valence-electron chi connectivity index (χ1n) is 8.94. The van der Waals surface area contributed by atoms with Crippen molar-refractivity contribution < 1.29 is 0 Å². The number of hydrogen-bond donors (Lipinski definition) is 1. The summed E-state index contributed by atoms with van der Waals surface area (Å²) in [6.07, 6.45) is 3.46. The maximum Gasteiger partial charge on any atom is 0.266 e. The van der Waals surface area contributed by atoms with E-state index in [4.69, 9.17) is 11.6 Å². The molecule has 29 heavy (non-hydrogen) atoms. The lowest BCUT2D eigenvalue weighted by Gasteiger charge is -2.04. The summed E-state index contributed by atoms with van der Waals surface area (Å²) in [4.78, 5) is 0. The van der Waals surface area contributed by atoms with Gasteiger partial charge in [0, 0.05) is 10.6 Å². The Morgan fingerprint density at radius 3 is 2.03 bits per heavy atom. The van der Waals surface area contributed by atoms with Crippen molar-refractivity contribution >= 4 is 30.0 Å². The molecule has 0 spiro atoms. The summed E-state index contributed by atoms with van der Waals surface area (Å²) < 4.78 is 1.61. The second-order valence-electron chi connectivity index (χ2n) is 6.10. The number of halogens is 1. The standard InChI is InChI=1S/C22H17ClN6/c23-20-13-11-19(12-14-20)21-26-28-22(27-24-15-17-7-3-1-4-8-17)29(21)25-16-18-9-5-2-6-10-18/h1-16H,(H,27,28)/b24-15+,25-16+. The molecule has 0 saturated carbocycles. The summed E-state index contributed by atoms with van der Waals surface area (Å²) in [5.74, 6) is 0.973. The Labute approximate surface area is 173 Å². The van der Waals surface area contributed by atoms with E-state index >= 15 is 0 Å². The van der Waals surface area contributed by atoms with Crippen LogP contribution in [0.2, 0.25) is 5.02 Å². The van der Waals surface area contributed by atoms with Crippen LogP contribution in [0.4, 0.5) is 5.95 Å². The molecule has 0 saturated heterocycles. The first kappa shape index (κ1) is 18.6. The van der Waals surface area contributed by atoms with Crippen LogP contribution in [-0.4, -0.2) is 27.3 Å². The second-order valence-corrected chi connectivity index (χ2v) is 6.54. The minimum absolute atomic E-state index is 0.398. The maximum atomic E-state index is 6.01. The molecule has 0 aliphatic heterocycles. The van der Waals surface area contributed by atoms with Gasteiger partial charge in [-0.25, -0.2) is 5.43 Å². The van der Waals surface area contributed by atoms with E-state index in [-0.39, 0.29) is 0 Å². The molecule has 0 radical (unpaired) electrons. The normalized spacial score (nSPS) is 11.3. The van der Waals surface area contributed by atoms with Crippen molar-refractivity contribution in [3.05, 3.63) is 101 Å². The molecule has 142 valence electrons. The minimum atomic E-state index is 0.398. The van der Waals surface area contributed by atoms with Crippen LogP contribution < -0.4 is 5.43 Å². The Hall–Kier alpha value is -3.77. The fourth-order valence-electron chi connectivity index (χ4n) is 2.60. The molecule has 3 aromatic carbocycles. The lowest BCUT2D eigenvalue weighted by Crippen LogP contribution is -2.01. The average Bonchev–Trinajstić information content (AvgIpc) is 3.17. The zero-order valence-electron chi connectivity index (χ0n) is 15.4. The number of nitrogens with zero attached hydrogens (tertiary/aromatic N) is 5. The van der Waals surface area contributed by atoms with Crippen molar-refractivity contribution in [1.82, 2.24) is 14.9 Å². The van der Waals surface area contributed by atoms with Gasteiger partial charge < -0.3 is 0 Å². The molecule has 7 heteroatoms. The molecule has 4 aromatic rings. The largest absolute Gasteiger partial charge is 0.266 e. The molecule has 1 N–H and O–H groups in total. The summed E-state index contributed by atoms with van der Waals surface area (Å²) in [5, 5.41) is 17.9. The van der Waals surface area contributed by atoms with Gasteiger partial charge in [0.05, 0.1) is 12.4 Å². The summed E-state index contributed by atoms with van der Waals surface area (Å²) in [6.45, 7) is 0. The van der Waals surface area contributed by atoms with Crippen molar-refractivity contribution in [2.45, 2.75) is 0 Å². The molecular weight excluding hydrogens is 384 g/mol. The second kappa shape index (κ2) is 8.95. The van der Waals surface area contributed by atoms with Crippen LogP contribution in [0.25, 0.3) is 11.4 Å². The van der Waals surface area contributed by atoms with Gasteiger partial charge in [-0.1, -0.05) is 72.3 Å². The van der Waals surface area contributed by atoms with E-state index in [1.807, 2.05) is 72.8 Å². The first-order chi connectivity index (χ1) is 14.3. The van der Waals surface area contributed by atoms with E-state index in [9.17, 15) is 0 Å². The number of aromatic nitrogens is 3. The number of hydrazone groups is 1. The average molecular weight is 401 g/mol. The predicted molar refractivity (Wildman–Crippen MR) is 118 cm³/mol. The number of nitrogens with one attached hydrogen (secondary N) is 1. The molecule has 0 unspecified atom stereocenters. The molecule has 0 bridgehead atoms. The van der Waals surface area contributed by atoms with Crippen LogP contribution in [0.15, 0.2) is 95.1 Å². The Kier molecular flexibility index (Phi) is 5.73. The van der Waals surface area contributed by atoms with Crippen molar-refractivity contribution in [1.29, 1.82) is 0 Å². The molecular formula is C22H17ClN6. The van der Waals surface area contributed by atoms with E-state index in [0.717, 1.165) is 16.7 Å². The van der Waals surface area contributed by atoms with Crippen LogP contribution in [0.3, 0.4) is 0 Å². The monoisotopic (exact) mass is 400 g/mol. The summed E-state index contributed by atoms with van der Waals surface area (Å²) in [7, 11) is 0. The molecule has 0 atom stereocenters. The van der Waals surface area contributed by atoms with Gasteiger partial charge in [-0.3, -0.25) is 0 Å². The highest BCUT2D eigenvalue weighted by atomic mass is 35.5. The summed E-state index contributed by atoms with van der Waals surface area (Å²) in [5.41, 5.74) is 5.69. The first-order valence-corrected chi connectivity index (χ1v) is 9.32. The predicted octanol–water partition coefficient (Wildman–Crippen LogP) is 4.93. The number of anilines is 1. The maximum absolute atomic E-state index is 6.01. The van der Waals surface area contributed by atoms with Crippen molar-refractivity contribution in [3.63, 3.8) is 0 Å². The molecule has 0 amide bonds. The third-order valence-electron chi connectivity index (χ3n) is 4.04. The van der Waals surface area contributed by atoms with Crippen molar-refractivity contribution in [3.8, 4) is 11.4 Å². The number of hydrogen-bond acceptors (Lipinski definition) is 5. The van der Waals surface area contributed by atoms with E-state index in [1.165, 1.54) is 0 Å². The lowest BCUT2D eigenvalue weighted by molar-refractivity contribution is 0.888. The topological polar surface area (TPSA) is 67.5 Å². The Morgan fingerprint density at radius 1 is 0.759 bits per heavy atom. The zero-order chi connectivity index (χ0) is 19.9. The quantitative estimate of drug-likeness (QED) is 0.368. The van der Waals surface area contributed by atoms with Gasteiger partial charge in [0.15, 0.2) is 5.82 Å². The van der Waals surface area contributed by atoms with Crippen LogP contribution in [0, 0.1) is 0 Å². The Bertz CT molecular complexity index is 1120. The highest BCUT2D eigenvalue weighted by Gasteiger charge is 2.13.